The summed E-state index contributed by atoms with van der Waals surface area (Å²) < 4.78 is 0. The minimum atomic E-state index is -0.435. The summed E-state index contributed by atoms with van der Waals surface area (Å²) in [5.74, 6) is 0.402. The first-order chi connectivity index (χ1) is 12.1. The Hall–Kier alpha value is -2.93. The van der Waals surface area contributed by atoms with Gasteiger partial charge in [-0.25, -0.2) is 9.78 Å². The van der Waals surface area contributed by atoms with Crippen LogP contribution in [0.2, 0.25) is 0 Å². The third kappa shape index (κ3) is 2.83. The molecular formula is C18H18N4O3. The van der Waals surface area contributed by atoms with E-state index in [4.69, 9.17) is 0 Å². The normalized spacial score (nSPS) is 21.5. The van der Waals surface area contributed by atoms with Gasteiger partial charge in [-0.1, -0.05) is 12.1 Å². The monoisotopic (exact) mass is 338 g/mol. The first-order valence-corrected chi connectivity index (χ1v) is 8.24. The van der Waals surface area contributed by atoms with Gasteiger partial charge in [0.05, 0.1) is 12.1 Å². The highest BCUT2D eigenvalue weighted by molar-refractivity contribution is 6.04. The van der Waals surface area contributed by atoms with Crippen molar-refractivity contribution in [2.24, 2.45) is 0 Å². The Kier molecular flexibility index (Phi) is 3.85. The molecule has 1 fully saturated rings. The van der Waals surface area contributed by atoms with Crippen LogP contribution in [0, 0.1) is 0 Å². The van der Waals surface area contributed by atoms with Crippen LogP contribution in [0.1, 0.15) is 34.8 Å². The van der Waals surface area contributed by atoms with Crippen molar-refractivity contribution in [2.75, 3.05) is 17.2 Å². The van der Waals surface area contributed by atoms with Gasteiger partial charge in [-0.15, -0.1) is 0 Å². The molecule has 0 radical (unpaired) electrons. The number of carbonyl (C=O) groups is 2. The van der Waals surface area contributed by atoms with E-state index in [1.807, 2.05) is 0 Å². The van der Waals surface area contributed by atoms with Gasteiger partial charge in [0.15, 0.2) is 0 Å². The predicted molar refractivity (Wildman–Crippen MR) is 92.3 cm³/mol. The fraction of sp³-hybridized carbons (Fsp3) is 0.278. The van der Waals surface area contributed by atoms with Crippen molar-refractivity contribution < 1.29 is 14.7 Å². The number of amides is 3. The molecule has 4 rings (SSSR count). The number of aliphatic hydroxyl groups is 1. The molecular weight excluding hydrogens is 320 g/mol. The lowest BCUT2D eigenvalue weighted by Crippen LogP contribution is -2.37. The molecule has 0 saturated carbocycles. The largest absolute Gasteiger partial charge is 0.393 e. The lowest BCUT2D eigenvalue weighted by molar-refractivity contribution is 0.0391. The maximum absolute atomic E-state index is 12.6. The maximum atomic E-state index is 12.6. The molecule has 2 atom stereocenters. The predicted octanol–water partition coefficient (Wildman–Crippen LogP) is 2.38. The van der Waals surface area contributed by atoms with Crippen LogP contribution in [-0.2, 0) is 0 Å². The van der Waals surface area contributed by atoms with Crippen LogP contribution in [0.4, 0.5) is 16.3 Å². The summed E-state index contributed by atoms with van der Waals surface area (Å²) >= 11 is 0. The van der Waals surface area contributed by atoms with Crippen molar-refractivity contribution in [3.63, 3.8) is 0 Å². The highest BCUT2D eigenvalue weighted by Crippen LogP contribution is 2.43. The van der Waals surface area contributed by atoms with E-state index in [9.17, 15) is 14.7 Å². The Morgan fingerprint density at radius 2 is 2.08 bits per heavy atom. The lowest BCUT2D eigenvalue weighted by atomic mass is 9.94. The molecule has 0 unspecified atom stereocenters. The van der Waals surface area contributed by atoms with Crippen LogP contribution in [0.15, 0.2) is 42.6 Å². The third-order valence-electron chi connectivity index (χ3n) is 4.66. The van der Waals surface area contributed by atoms with Crippen LogP contribution in [0.3, 0.4) is 0 Å². The number of nitrogens with one attached hydrogen (secondary N) is 2. The standard InChI is InChI=1S/C18H18N4O3/c23-11-7-9-22-14(10-11)16-12(17(22)24)4-3-5-13(16)20-18(25)21-15-6-1-2-8-19-15/h1-6,8,11,14,23H,7,9-10H2,(H2,19,20,21,25)/t11-,14+/m1/s1. The van der Waals surface area contributed by atoms with E-state index in [2.05, 4.69) is 15.6 Å². The summed E-state index contributed by atoms with van der Waals surface area (Å²) in [6, 6.07) is 9.91. The SMILES string of the molecule is O=C(Nc1ccccn1)Nc1cccc2c1[C@@H]1C[C@H](O)CCN1C2=O. The zero-order valence-corrected chi connectivity index (χ0v) is 13.5. The average Bonchev–Trinajstić information content (AvgIpc) is 2.89. The van der Waals surface area contributed by atoms with Gasteiger partial charge in [0.2, 0.25) is 0 Å². The molecule has 0 aliphatic carbocycles. The molecule has 7 heteroatoms. The number of nitrogens with zero attached hydrogens (tertiary/aromatic N) is 2. The molecule has 3 amide bonds. The number of piperidine rings is 1. The highest BCUT2D eigenvalue weighted by atomic mass is 16.3. The molecule has 2 aliphatic rings. The fourth-order valence-electron chi connectivity index (χ4n) is 3.54. The minimum absolute atomic E-state index is 0.0410. The second-order valence-electron chi connectivity index (χ2n) is 6.25. The van der Waals surface area contributed by atoms with E-state index in [0.29, 0.717) is 36.5 Å². The van der Waals surface area contributed by atoms with E-state index >= 15 is 0 Å². The molecule has 128 valence electrons. The van der Waals surface area contributed by atoms with E-state index in [1.54, 1.807) is 47.5 Å². The Labute approximate surface area is 144 Å². The number of rotatable bonds is 2. The topological polar surface area (TPSA) is 94.6 Å². The highest BCUT2D eigenvalue weighted by Gasteiger charge is 2.41. The summed E-state index contributed by atoms with van der Waals surface area (Å²) in [7, 11) is 0. The number of hydrogen-bond donors (Lipinski definition) is 3. The fourth-order valence-corrected chi connectivity index (χ4v) is 3.54. The van der Waals surface area contributed by atoms with Gasteiger partial charge in [-0.05, 0) is 37.1 Å². The van der Waals surface area contributed by atoms with Crippen molar-refractivity contribution in [1.29, 1.82) is 0 Å². The molecule has 2 aliphatic heterocycles. The van der Waals surface area contributed by atoms with Crippen LogP contribution in [0.25, 0.3) is 0 Å². The number of anilines is 2. The van der Waals surface area contributed by atoms with Crippen LogP contribution >= 0.6 is 0 Å². The Balaban J connectivity index is 1.60. The van der Waals surface area contributed by atoms with Crippen molar-refractivity contribution >= 4 is 23.4 Å². The van der Waals surface area contributed by atoms with E-state index in [1.165, 1.54) is 0 Å². The smallest absolute Gasteiger partial charge is 0.324 e. The second kappa shape index (κ2) is 6.18. The number of aromatic nitrogens is 1. The van der Waals surface area contributed by atoms with Gasteiger partial charge < -0.3 is 15.3 Å². The number of urea groups is 1. The summed E-state index contributed by atoms with van der Waals surface area (Å²) in [6.07, 6.45) is 2.23. The molecule has 1 saturated heterocycles. The number of pyridine rings is 1. The minimum Gasteiger partial charge on any atom is -0.393 e. The average molecular weight is 338 g/mol. The van der Waals surface area contributed by atoms with Crippen LogP contribution < -0.4 is 10.6 Å². The number of fused-ring (bicyclic) bond motifs is 3. The van der Waals surface area contributed by atoms with Gasteiger partial charge in [-0.2, -0.15) is 0 Å². The molecule has 0 bridgehead atoms. The molecule has 1 aromatic heterocycles. The number of hydrogen-bond acceptors (Lipinski definition) is 4. The molecule has 3 N–H and O–H groups in total. The zero-order valence-electron chi connectivity index (χ0n) is 13.5. The van der Waals surface area contributed by atoms with Gasteiger partial charge in [0.1, 0.15) is 5.82 Å². The quantitative estimate of drug-likeness (QED) is 0.783. The summed E-state index contributed by atoms with van der Waals surface area (Å²) in [5, 5.41) is 15.5. The molecule has 3 heterocycles. The Morgan fingerprint density at radius 3 is 2.88 bits per heavy atom. The molecule has 2 aromatic rings. The molecule has 7 nitrogen and oxygen atoms in total. The van der Waals surface area contributed by atoms with Crippen molar-refractivity contribution in [1.82, 2.24) is 9.88 Å². The number of benzene rings is 1. The first kappa shape index (κ1) is 15.6. The van der Waals surface area contributed by atoms with Crippen LogP contribution in [-0.4, -0.2) is 39.6 Å². The Bertz CT molecular complexity index is 824. The maximum Gasteiger partial charge on any atom is 0.324 e. The van der Waals surface area contributed by atoms with Gasteiger partial charge in [-0.3, -0.25) is 10.1 Å². The molecule has 0 spiro atoms. The van der Waals surface area contributed by atoms with Gasteiger partial charge in [0, 0.05) is 29.6 Å². The van der Waals surface area contributed by atoms with Crippen LogP contribution in [0.5, 0.6) is 0 Å². The van der Waals surface area contributed by atoms with Crippen molar-refractivity contribution in [2.45, 2.75) is 25.0 Å². The number of carbonyl (C=O) groups excluding carboxylic acids is 2. The number of aliphatic hydroxyl groups excluding tert-OH is 1. The van der Waals surface area contributed by atoms with Gasteiger partial charge in [0.25, 0.3) is 5.91 Å². The lowest BCUT2D eigenvalue weighted by Gasteiger charge is -2.33. The summed E-state index contributed by atoms with van der Waals surface area (Å²) in [4.78, 5) is 30.7. The summed E-state index contributed by atoms with van der Waals surface area (Å²) in [6.45, 7) is 0.527. The molecule has 1 aromatic carbocycles. The van der Waals surface area contributed by atoms with Crippen molar-refractivity contribution in [3.05, 3.63) is 53.7 Å². The second-order valence-corrected chi connectivity index (χ2v) is 6.25. The van der Waals surface area contributed by atoms with Gasteiger partial charge >= 0.3 is 6.03 Å². The third-order valence-corrected chi connectivity index (χ3v) is 4.66. The Morgan fingerprint density at radius 1 is 1.20 bits per heavy atom. The van der Waals surface area contributed by atoms with Crippen molar-refractivity contribution in [3.8, 4) is 0 Å². The van der Waals surface area contributed by atoms with E-state index in [-0.39, 0.29) is 11.9 Å². The van der Waals surface area contributed by atoms with E-state index < -0.39 is 12.1 Å². The van der Waals surface area contributed by atoms with E-state index in [0.717, 1.165) is 5.56 Å². The summed E-state index contributed by atoms with van der Waals surface area (Å²) in [5.41, 5.74) is 1.96. The first-order valence-electron chi connectivity index (χ1n) is 8.24. The zero-order chi connectivity index (χ0) is 17.4. The molecule has 25 heavy (non-hydrogen) atoms.